The summed E-state index contributed by atoms with van der Waals surface area (Å²) in [6, 6.07) is 3.31. The predicted molar refractivity (Wildman–Crippen MR) is 76.5 cm³/mol. The number of amides is 1. The molecule has 0 fully saturated rings. The molecule has 1 unspecified atom stereocenters. The van der Waals surface area contributed by atoms with Crippen LogP contribution < -0.4 is 10.6 Å². The second-order valence-electron chi connectivity index (χ2n) is 4.18. The van der Waals surface area contributed by atoms with Crippen molar-refractivity contribution in [2.24, 2.45) is 0 Å². The highest BCUT2D eigenvalue weighted by molar-refractivity contribution is 7.11. The highest BCUT2D eigenvalue weighted by Gasteiger charge is 2.14. The Hall–Kier alpha value is -1.95. The molecule has 0 aliphatic rings. The molecular formula is C13H16N4OS. The number of aryl methyl sites for hydroxylation is 1. The molecule has 0 bridgehead atoms. The molecule has 6 heteroatoms. The molecule has 1 atom stereocenters. The van der Waals surface area contributed by atoms with E-state index in [1.807, 2.05) is 20.0 Å². The number of anilines is 1. The van der Waals surface area contributed by atoms with Crippen LogP contribution in [0.3, 0.4) is 0 Å². The predicted octanol–water partition coefficient (Wildman–Crippen LogP) is 2.38. The van der Waals surface area contributed by atoms with Crippen LogP contribution in [-0.2, 0) is 0 Å². The van der Waals surface area contributed by atoms with Crippen molar-refractivity contribution in [1.82, 2.24) is 15.3 Å². The summed E-state index contributed by atoms with van der Waals surface area (Å²) in [6.07, 6.45) is 3.42. The molecule has 2 aromatic heterocycles. The minimum atomic E-state index is -0.126. The van der Waals surface area contributed by atoms with Gasteiger partial charge in [-0.15, -0.1) is 11.3 Å². The van der Waals surface area contributed by atoms with Gasteiger partial charge in [-0.2, -0.15) is 0 Å². The Balaban J connectivity index is 2.08. The maximum Gasteiger partial charge on any atom is 0.252 e. The van der Waals surface area contributed by atoms with E-state index in [1.165, 1.54) is 0 Å². The average molecular weight is 276 g/mol. The summed E-state index contributed by atoms with van der Waals surface area (Å²) in [5.41, 5.74) is 0.583. The van der Waals surface area contributed by atoms with E-state index in [4.69, 9.17) is 0 Å². The van der Waals surface area contributed by atoms with Crippen LogP contribution in [0.25, 0.3) is 0 Å². The normalized spacial score (nSPS) is 11.9. The maximum absolute atomic E-state index is 12.1. The lowest BCUT2D eigenvalue weighted by Crippen LogP contribution is -2.26. The third-order valence-electron chi connectivity index (χ3n) is 2.64. The van der Waals surface area contributed by atoms with E-state index in [1.54, 1.807) is 36.7 Å². The minimum Gasteiger partial charge on any atom is -0.373 e. The molecule has 0 saturated carbocycles. The van der Waals surface area contributed by atoms with Crippen LogP contribution in [0, 0.1) is 6.92 Å². The van der Waals surface area contributed by atoms with Gasteiger partial charge in [-0.05, 0) is 26.0 Å². The minimum absolute atomic E-state index is 0.0996. The van der Waals surface area contributed by atoms with Crippen LogP contribution in [0.1, 0.15) is 33.2 Å². The van der Waals surface area contributed by atoms with Gasteiger partial charge in [0.05, 0.1) is 6.04 Å². The maximum atomic E-state index is 12.1. The molecule has 5 nitrogen and oxygen atoms in total. The zero-order valence-corrected chi connectivity index (χ0v) is 11.9. The van der Waals surface area contributed by atoms with Crippen molar-refractivity contribution in [3.8, 4) is 0 Å². The number of rotatable bonds is 4. The lowest BCUT2D eigenvalue weighted by molar-refractivity contribution is 0.0940. The molecule has 1 amide bonds. The molecule has 0 spiro atoms. The van der Waals surface area contributed by atoms with Crippen molar-refractivity contribution < 1.29 is 4.79 Å². The van der Waals surface area contributed by atoms with Gasteiger partial charge in [0.15, 0.2) is 0 Å². The summed E-state index contributed by atoms with van der Waals surface area (Å²) in [6.45, 7) is 3.92. The van der Waals surface area contributed by atoms with E-state index >= 15 is 0 Å². The average Bonchev–Trinajstić information content (AvgIpc) is 2.85. The summed E-state index contributed by atoms with van der Waals surface area (Å²) < 4.78 is 0. The fourth-order valence-corrected chi connectivity index (χ4v) is 2.40. The molecule has 0 aliphatic heterocycles. The Bertz CT molecular complexity index is 582. The van der Waals surface area contributed by atoms with Crippen molar-refractivity contribution >= 4 is 23.1 Å². The van der Waals surface area contributed by atoms with Crippen LogP contribution >= 0.6 is 11.3 Å². The lowest BCUT2D eigenvalue weighted by Gasteiger charge is -2.11. The van der Waals surface area contributed by atoms with Gasteiger partial charge in [0.25, 0.3) is 5.91 Å². The zero-order valence-electron chi connectivity index (χ0n) is 11.1. The molecule has 100 valence electrons. The summed E-state index contributed by atoms with van der Waals surface area (Å²) in [5.74, 6) is 0.546. The summed E-state index contributed by atoms with van der Waals surface area (Å²) >= 11 is 1.59. The Labute approximate surface area is 116 Å². The summed E-state index contributed by atoms with van der Waals surface area (Å²) in [4.78, 5) is 21.6. The Morgan fingerprint density at radius 3 is 2.84 bits per heavy atom. The first-order valence-corrected chi connectivity index (χ1v) is 6.79. The van der Waals surface area contributed by atoms with Crippen molar-refractivity contribution in [3.63, 3.8) is 0 Å². The third kappa shape index (κ3) is 3.29. The number of thiazole rings is 1. The molecule has 2 aromatic rings. The van der Waals surface area contributed by atoms with Crippen molar-refractivity contribution in [1.29, 1.82) is 0 Å². The molecule has 2 N–H and O–H groups in total. The Morgan fingerprint density at radius 1 is 1.42 bits per heavy atom. The number of nitrogens with one attached hydrogen (secondary N) is 2. The fourth-order valence-electron chi connectivity index (χ4n) is 1.62. The highest BCUT2D eigenvalue weighted by atomic mass is 32.1. The summed E-state index contributed by atoms with van der Waals surface area (Å²) in [7, 11) is 1.77. The van der Waals surface area contributed by atoms with E-state index in [0.717, 1.165) is 9.88 Å². The van der Waals surface area contributed by atoms with E-state index < -0.39 is 0 Å². The zero-order chi connectivity index (χ0) is 13.8. The smallest absolute Gasteiger partial charge is 0.252 e. The second-order valence-corrected chi connectivity index (χ2v) is 5.45. The highest BCUT2D eigenvalue weighted by Crippen LogP contribution is 2.19. The Kier molecular flexibility index (Phi) is 4.11. The topological polar surface area (TPSA) is 66.9 Å². The van der Waals surface area contributed by atoms with Crippen LogP contribution in [0.4, 0.5) is 5.82 Å². The van der Waals surface area contributed by atoms with Crippen molar-refractivity contribution in [3.05, 3.63) is 40.0 Å². The number of hydrogen-bond donors (Lipinski definition) is 2. The largest absolute Gasteiger partial charge is 0.373 e. The van der Waals surface area contributed by atoms with Gasteiger partial charge in [0, 0.05) is 29.9 Å². The van der Waals surface area contributed by atoms with E-state index in [0.29, 0.717) is 11.4 Å². The second kappa shape index (κ2) is 5.79. The molecule has 19 heavy (non-hydrogen) atoms. The van der Waals surface area contributed by atoms with E-state index in [2.05, 4.69) is 20.6 Å². The lowest BCUT2D eigenvalue weighted by atomic mass is 10.2. The van der Waals surface area contributed by atoms with Crippen LogP contribution in [0.5, 0.6) is 0 Å². The van der Waals surface area contributed by atoms with Crippen LogP contribution in [-0.4, -0.2) is 22.9 Å². The van der Waals surface area contributed by atoms with Crippen molar-refractivity contribution in [2.75, 3.05) is 12.4 Å². The summed E-state index contributed by atoms with van der Waals surface area (Å²) in [5, 5.41) is 6.75. The SMILES string of the molecule is CNc1cc(C(=O)NC(C)c2ncc(C)s2)ccn1. The quantitative estimate of drug-likeness (QED) is 0.899. The molecule has 0 saturated heterocycles. The molecular weight excluding hydrogens is 260 g/mol. The molecule has 0 radical (unpaired) electrons. The fraction of sp³-hybridized carbons (Fsp3) is 0.308. The van der Waals surface area contributed by atoms with Gasteiger partial charge in [-0.3, -0.25) is 4.79 Å². The van der Waals surface area contributed by atoms with E-state index in [-0.39, 0.29) is 11.9 Å². The number of carbonyl (C=O) groups is 1. The van der Waals surface area contributed by atoms with Gasteiger partial charge in [0.1, 0.15) is 10.8 Å². The number of hydrogen-bond acceptors (Lipinski definition) is 5. The molecule has 2 heterocycles. The first-order chi connectivity index (χ1) is 9.10. The molecule has 0 aliphatic carbocycles. The Morgan fingerprint density at radius 2 is 2.21 bits per heavy atom. The monoisotopic (exact) mass is 276 g/mol. The first-order valence-electron chi connectivity index (χ1n) is 5.97. The first kappa shape index (κ1) is 13.5. The van der Waals surface area contributed by atoms with Gasteiger partial charge < -0.3 is 10.6 Å². The number of aromatic nitrogens is 2. The third-order valence-corrected chi connectivity index (χ3v) is 3.73. The number of pyridine rings is 1. The van der Waals surface area contributed by atoms with Gasteiger partial charge in [-0.25, -0.2) is 9.97 Å². The molecule has 2 rings (SSSR count). The van der Waals surface area contributed by atoms with Crippen LogP contribution in [0.2, 0.25) is 0 Å². The van der Waals surface area contributed by atoms with E-state index in [9.17, 15) is 4.79 Å². The van der Waals surface area contributed by atoms with Gasteiger partial charge >= 0.3 is 0 Å². The number of carbonyl (C=O) groups excluding carboxylic acids is 1. The van der Waals surface area contributed by atoms with Gasteiger partial charge in [0.2, 0.25) is 0 Å². The molecule has 0 aromatic carbocycles. The van der Waals surface area contributed by atoms with Crippen LogP contribution in [0.15, 0.2) is 24.5 Å². The van der Waals surface area contributed by atoms with Gasteiger partial charge in [-0.1, -0.05) is 0 Å². The van der Waals surface area contributed by atoms with Crippen molar-refractivity contribution in [2.45, 2.75) is 19.9 Å². The standard InChI is InChI=1S/C13H16N4OS/c1-8-7-16-13(19-8)9(2)17-12(18)10-4-5-15-11(6-10)14-3/h4-7,9H,1-3H3,(H,14,15)(H,17,18). The number of nitrogens with zero attached hydrogens (tertiary/aromatic N) is 2.